The highest BCUT2D eigenvalue weighted by Gasteiger charge is 2.41. The highest BCUT2D eigenvalue weighted by atomic mass is 14.5. The number of rotatable bonds is 2. The van der Waals surface area contributed by atoms with Crippen LogP contribution in [0, 0.1) is 24.7 Å². The van der Waals surface area contributed by atoms with Crippen molar-refractivity contribution in [3.05, 3.63) is 34.9 Å². The van der Waals surface area contributed by atoms with Crippen LogP contribution >= 0.6 is 0 Å². The molecular weight excluding hydrogens is 252 g/mol. The molecule has 1 aromatic rings. The van der Waals surface area contributed by atoms with Crippen molar-refractivity contribution < 1.29 is 0 Å². The summed E-state index contributed by atoms with van der Waals surface area (Å²) in [5, 5.41) is 0. The van der Waals surface area contributed by atoms with Crippen LogP contribution < -0.4 is 0 Å². The smallest absolute Gasteiger partial charge is 0.0128 e. The Morgan fingerprint density at radius 3 is 2.29 bits per heavy atom. The Bertz CT molecular complexity index is 495. The summed E-state index contributed by atoms with van der Waals surface area (Å²) in [5.41, 5.74) is 5.08. The third kappa shape index (κ3) is 2.35. The Balaban J connectivity index is 1.65. The predicted octanol–water partition coefficient (Wildman–Crippen LogP) is 6.19. The maximum atomic E-state index is 2.48. The highest BCUT2D eigenvalue weighted by Crippen LogP contribution is 2.54. The van der Waals surface area contributed by atoms with Gasteiger partial charge in [0.25, 0.3) is 0 Å². The molecule has 5 unspecified atom stereocenters. The zero-order chi connectivity index (χ0) is 14.4. The van der Waals surface area contributed by atoms with Gasteiger partial charge in [0.05, 0.1) is 0 Å². The fourth-order valence-electron chi connectivity index (χ4n) is 5.88. The van der Waals surface area contributed by atoms with Gasteiger partial charge in [-0.1, -0.05) is 50.8 Å². The number of benzene rings is 1. The van der Waals surface area contributed by atoms with E-state index in [1.54, 1.807) is 16.7 Å². The largest absolute Gasteiger partial charge is 0.0619 e. The van der Waals surface area contributed by atoms with E-state index in [2.05, 4.69) is 32.0 Å². The van der Waals surface area contributed by atoms with E-state index in [-0.39, 0.29) is 0 Å². The first-order chi connectivity index (χ1) is 10.2. The fraction of sp³-hybridized carbons (Fsp3) is 0.714. The predicted molar refractivity (Wildman–Crippen MR) is 89.7 cm³/mol. The molecule has 3 saturated carbocycles. The van der Waals surface area contributed by atoms with Crippen LogP contribution in [0.5, 0.6) is 0 Å². The van der Waals surface area contributed by atoms with Crippen LogP contribution in [0.1, 0.15) is 86.8 Å². The Hall–Kier alpha value is -0.780. The lowest BCUT2D eigenvalue weighted by molar-refractivity contribution is 0.329. The van der Waals surface area contributed by atoms with E-state index in [1.165, 1.54) is 51.4 Å². The Kier molecular flexibility index (Phi) is 3.59. The molecule has 0 amide bonds. The van der Waals surface area contributed by atoms with Gasteiger partial charge in [-0.05, 0) is 78.9 Å². The molecule has 3 aliphatic rings. The number of hydrogen-bond acceptors (Lipinski definition) is 0. The van der Waals surface area contributed by atoms with E-state index in [0.717, 1.165) is 29.6 Å². The molecule has 1 aromatic carbocycles. The molecule has 0 aromatic heterocycles. The average Bonchev–Trinajstić information content (AvgIpc) is 3.11. The van der Waals surface area contributed by atoms with Crippen molar-refractivity contribution in [1.29, 1.82) is 0 Å². The van der Waals surface area contributed by atoms with Crippen LogP contribution in [0.3, 0.4) is 0 Å². The Morgan fingerprint density at radius 2 is 1.62 bits per heavy atom. The lowest BCUT2D eigenvalue weighted by Crippen LogP contribution is -2.17. The van der Waals surface area contributed by atoms with Gasteiger partial charge < -0.3 is 0 Å². The molecule has 0 saturated heterocycles. The van der Waals surface area contributed by atoms with Gasteiger partial charge in [-0.3, -0.25) is 0 Å². The lowest BCUT2D eigenvalue weighted by Gasteiger charge is -2.32. The molecule has 114 valence electrons. The molecule has 4 rings (SSSR count). The summed E-state index contributed by atoms with van der Waals surface area (Å²) in [7, 11) is 0. The van der Waals surface area contributed by atoms with Crippen molar-refractivity contribution in [2.45, 2.75) is 77.0 Å². The molecule has 21 heavy (non-hydrogen) atoms. The molecule has 0 heteroatoms. The monoisotopic (exact) mass is 282 g/mol. The summed E-state index contributed by atoms with van der Waals surface area (Å²) in [6.07, 6.45) is 11.8. The summed E-state index contributed by atoms with van der Waals surface area (Å²) in [6.45, 7) is 4.91. The van der Waals surface area contributed by atoms with Gasteiger partial charge in [-0.2, -0.15) is 0 Å². The van der Waals surface area contributed by atoms with Gasteiger partial charge >= 0.3 is 0 Å². The molecule has 2 bridgehead atoms. The minimum absolute atomic E-state index is 0.831. The minimum Gasteiger partial charge on any atom is -0.0619 e. The zero-order valence-electron chi connectivity index (χ0n) is 13.8. The van der Waals surface area contributed by atoms with E-state index < -0.39 is 0 Å². The van der Waals surface area contributed by atoms with Gasteiger partial charge in [0.1, 0.15) is 0 Å². The first-order valence-corrected chi connectivity index (χ1v) is 9.33. The molecule has 3 fully saturated rings. The summed E-state index contributed by atoms with van der Waals surface area (Å²) < 4.78 is 0. The van der Waals surface area contributed by atoms with Crippen molar-refractivity contribution >= 4 is 0 Å². The molecule has 0 aliphatic heterocycles. The summed E-state index contributed by atoms with van der Waals surface area (Å²) in [6, 6.07) is 7.27. The highest BCUT2D eigenvalue weighted by molar-refractivity contribution is 5.40. The van der Waals surface area contributed by atoms with Crippen LogP contribution in [-0.2, 0) is 0 Å². The fourth-order valence-corrected chi connectivity index (χ4v) is 5.88. The van der Waals surface area contributed by atoms with Crippen molar-refractivity contribution in [2.24, 2.45) is 17.8 Å². The first-order valence-electron chi connectivity index (χ1n) is 9.33. The molecule has 0 radical (unpaired) electrons. The van der Waals surface area contributed by atoms with Crippen LogP contribution in [0.15, 0.2) is 18.2 Å². The summed E-state index contributed by atoms with van der Waals surface area (Å²) in [5.74, 6) is 4.66. The molecular formula is C21H30. The zero-order valence-corrected chi connectivity index (χ0v) is 13.8. The van der Waals surface area contributed by atoms with Crippen LogP contribution in [0.25, 0.3) is 0 Å². The lowest BCUT2D eigenvalue weighted by atomic mass is 9.73. The molecule has 5 atom stereocenters. The molecule has 0 spiro atoms. The van der Waals surface area contributed by atoms with E-state index in [1.807, 2.05) is 0 Å². The molecule has 0 N–H and O–H groups in total. The quantitative estimate of drug-likeness (QED) is 0.606. The van der Waals surface area contributed by atoms with Gasteiger partial charge in [0, 0.05) is 0 Å². The first kappa shape index (κ1) is 13.9. The average molecular weight is 282 g/mol. The van der Waals surface area contributed by atoms with Crippen LogP contribution in [0.2, 0.25) is 0 Å². The Labute approximate surface area is 130 Å². The van der Waals surface area contributed by atoms with Crippen LogP contribution in [0.4, 0.5) is 0 Å². The third-order valence-corrected chi connectivity index (χ3v) is 7.07. The normalized spacial score (nSPS) is 38.9. The molecule has 0 heterocycles. The number of fused-ring (bicyclic) bond motifs is 2. The van der Waals surface area contributed by atoms with Crippen molar-refractivity contribution in [3.63, 3.8) is 0 Å². The van der Waals surface area contributed by atoms with E-state index in [9.17, 15) is 0 Å². The SMILES string of the molecule is Cc1c(C2CCCCC2C)cccc1C1CC2CCC1C2. The Morgan fingerprint density at radius 1 is 0.857 bits per heavy atom. The number of hydrogen-bond donors (Lipinski definition) is 0. The van der Waals surface area contributed by atoms with Gasteiger partial charge in [0.15, 0.2) is 0 Å². The third-order valence-electron chi connectivity index (χ3n) is 7.07. The van der Waals surface area contributed by atoms with Crippen molar-refractivity contribution in [2.75, 3.05) is 0 Å². The summed E-state index contributed by atoms with van der Waals surface area (Å²) >= 11 is 0. The molecule has 3 aliphatic carbocycles. The second-order valence-electron chi connectivity index (χ2n) is 8.21. The van der Waals surface area contributed by atoms with Gasteiger partial charge in [-0.15, -0.1) is 0 Å². The van der Waals surface area contributed by atoms with Crippen molar-refractivity contribution in [3.8, 4) is 0 Å². The second-order valence-corrected chi connectivity index (χ2v) is 8.21. The van der Waals surface area contributed by atoms with Crippen molar-refractivity contribution in [1.82, 2.24) is 0 Å². The summed E-state index contributed by atoms with van der Waals surface area (Å²) in [4.78, 5) is 0. The van der Waals surface area contributed by atoms with E-state index in [4.69, 9.17) is 0 Å². The van der Waals surface area contributed by atoms with E-state index in [0.29, 0.717) is 0 Å². The van der Waals surface area contributed by atoms with Crippen LogP contribution in [-0.4, -0.2) is 0 Å². The van der Waals surface area contributed by atoms with E-state index >= 15 is 0 Å². The van der Waals surface area contributed by atoms with Gasteiger partial charge in [0.2, 0.25) is 0 Å². The standard InChI is InChI=1S/C21H30/c1-14-6-3-4-7-18(14)19-8-5-9-20(15(19)2)21-13-16-10-11-17(21)12-16/h5,8-9,14,16-18,21H,3-4,6-7,10-13H2,1-2H3. The second kappa shape index (κ2) is 5.45. The van der Waals surface area contributed by atoms with Gasteiger partial charge in [-0.25, -0.2) is 0 Å². The topological polar surface area (TPSA) is 0 Å². The maximum Gasteiger partial charge on any atom is -0.0128 e. The minimum atomic E-state index is 0.831. The maximum absolute atomic E-state index is 2.48. The molecule has 0 nitrogen and oxygen atoms in total.